The van der Waals surface area contributed by atoms with Crippen molar-refractivity contribution in [2.45, 2.75) is 39.7 Å². The van der Waals surface area contributed by atoms with Gasteiger partial charge in [0.1, 0.15) is 0 Å². The molecule has 1 fully saturated rings. The van der Waals surface area contributed by atoms with Gasteiger partial charge in [-0.2, -0.15) is 0 Å². The molecule has 0 atom stereocenters. The van der Waals surface area contributed by atoms with Crippen LogP contribution < -0.4 is 0 Å². The van der Waals surface area contributed by atoms with E-state index in [0.29, 0.717) is 17.5 Å². The van der Waals surface area contributed by atoms with Gasteiger partial charge in [-0.25, -0.2) is 8.78 Å². The van der Waals surface area contributed by atoms with Gasteiger partial charge in [-0.3, -0.25) is 4.90 Å². The van der Waals surface area contributed by atoms with Crippen LogP contribution in [0, 0.1) is 17.0 Å². The van der Waals surface area contributed by atoms with Gasteiger partial charge in [0.05, 0.1) is 0 Å². The first-order valence-corrected chi connectivity index (χ1v) is 6.83. The highest BCUT2D eigenvalue weighted by molar-refractivity contribution is 5.30. The molecule has 0 amide bonds. The fraction of sp³-hybridized carbons (Fsp3) is 0.600. The maximum Gasteiger partial charge on any atom is 0.187 e. The summed E-state index contributed by atoms with van der Waals surface area (Å²) in [4.78, 5) is 2.21. The minimum Gasteiger partial charge on any atom is -0.503 e. The van der Waals surface area contributed by atoms with Crippen molar-refractivity contribution >= 4 is 0 Å². The Balaban J connectivity index is 2.00. The summed E-state index contributed by atoms with van der Waals surface area (Å²) in [6, 6.07) is 2.43. The van der Waals surface area contributed by atoms with Crippen LogP contribution in [-0.4, -0.2) is 23.1 Å². The zero-order chi connectivity index (χ0) is 14.0. The molecule has 2 nitrogen and oxygen atoms in total. The summed E-state index contributed by atoms with van der Waals surface area (Å²) in [5.41, 5.74) is 0.981. The highest BCUT2D eigenvalue weighted by Crippen LogP contribution is 2.34. The van der Waals surface area contributed by atoms with E-state index in [9.17, 15) is 8.78 Å². The topological polar surface area (TPSA) is 23.5 Å². The number of piperidine rings is 1. The predicted molar refractivity (Wildman–Crippen MR) is 70.9 cm³/mol. The molecular weight excluding hydrogens is 248 g/mol. The number of hydrogen-bond donors (Lipinski definition) is 1. The van der Waals surface area contributed by atoms with Gasteiger partial charge in [0.15, 0.2) is 17.4 Å². The van der Waals surface area contributed by atoms with Crippen LogP contribution in [0.3, 0.4) is 0 Å². The molecule has 0 unspecified atom stereocenters. The monoisotopic (exact) mass is 269 g/mol. The van der Waals surface area contributed by atoms with E-state index in [1.54, 1.807) is 0 Å². The Morgan fingerprint density at radius 3 is 2.21 bits per heavy atom. The zero-order valence-corrected chi connectivity index (χ0v) is 11.5. The third-order valence-corrected chi connectivity index (χ3v) is 4.40. The Morgan fingerprint density at radius 1 is 1.21 bits per heavy atom. The lowest BCUT2D eigenvalue weighted by Crippen LogP contribution is -2.37. The van der Waals surface area contributed by atoms with Crippen molar-refractivity contribution in [2.75, 3.05) is 13.1 Å². The number of nitrogens with zero attached hydrogens (tertiary/aromatic N) is 1. The molecule has 0 aromatic heterocycles. The molecule has 1 aromatic rings. The molecule has 0 radical (unpaired) electrons. The van der Waals surface area contributed by atoms with Crippen molar-refractivity contribution in [3.8, 4) is 5.75 Å². The molecule has 0 saturated carbocycles. The van der Waals surface area contributed by atoms with Gasteiger partial charge in [0, 0.05) is 6.54 Å². The number of rotatable bonds is 3. The van der Waals surface area contributed by atoms with E-state index in [2.05, 4.69) is 18.7 Å². The van der Waals surface area contributed by atoms with Gasteiger partial charge in [0.25, 0.3) is 0 Å². The van der Waals surface area contributed by atoms with E-state index < -0.39 is 17.4 Å². The summed E-state index contributed by atoms with van der Waals surface area (Å²) in [5.74, 6) is -2.66. The fourth-order valence-electron chi connectivity index (χ4n) is 2.57. The second-order valence-electron chi connectivity index (χ2n) is 5.85. The van der Waals surface area contributed by atoms with Gasteiger partial charge in [-0.1, -0.05) is 20.3 Å². The Labute approximate surface area is 113 Å². The summed E-state index contributed by atoms with van der Waals surface area (Å²) in [7, 11) is 0. The van der Waals surface area contributed by atoms with Crippen LogP contribution in [0.5, 0.6) is 5.75 Å². The Bertz CT molecular complexity index is 430. The average molecular weight is 269 g/mol. The quantitative estimate of drug-likeness (QED) is 0.904. The smallest absolute Gasteiger partial charge is 0.187 e. The first kappa shape index (κ1) is 14.3. The number of benzene rings is 1. The first-order chi connectivity index (χ1) is 8.93. The molecule has 1 heterocycles. The minimum absolute atomic E-state index is 0.405. The lowest BCUT2D eigenvalue weighted by atomic mass is 9.78. The summed E-state index contributed by atoms with van der Waals surface area (Å²) >= 11 is 0. The molecule has 2 rings (SSSR count). The summed E-state index contributed by atoms with van der Waals surface area (Å²) in [6.45, 7) is 6.95. The van der Waals surface area contributed by atoms with Gasteiger partial charge in [-0.15, -0.1) is 0 Å². The molecule has 0 bridgehead atoms. The van der Waals surface area contributed by atoms with Crippen LogP contribution in [0.1, 0.15) is 38.7 Å². The number of halogens is 2. The van der Waals surface area contributed by atoms with Crippen LogP contribution in [0.4, 0.5) is 8.78 Å². The van der Waals surface area contributed by atoms with Crippen LogP contribution >= 0.6 is 0 Å². The van der Waals surface area contributed by atoms with Gasteiger partial charge in [-0.05, 0) is 49.0 Å². The number of aromatic hydroxyl groups is 1. The van der Waals surface area contributed by atoms with Crippen molar-refractivity contribution < 1.29 is 13.9 Å². The van der Waals surface area contributed by atoms with Crippen LogP contribution in [0.25, 0.3) is 0 Å². The van der Waals surface area contributed by atoms with Gasteiger partial charge < -0.3 is 5.11 Å². The third kappa shape index (κ3) is 3.24. The van der Waals surface area contributed by atoms with Crippen molar-refractivity contribution in [3.63, 3.8) is 0 Å². The lowest BCUT2D eigenvalue weighted by Gasteiger charge is -2.39. The molecule has 1 aliphatic heterocycles. The van der Waals surface area contributed by atoms with Crippen molar-refractivity contribution in [3.05, 3.63) is 29.3 Å². The third-order valence-electron chi connectivity index (χ3n) is 4.40. The number of phenolic OH excluding ortho intramolecular Hbond substituents is 1. The van der Waals surface area contributed by atoms with Crippen molar-refractivity contribution in [1.82, 2.24) is 4.90 Å². The van der Waals surface area contributed by atoms with E-state index in [1.165, 1.54) is 18.6 Å². The molecule has 19 heavy (non-hydrogen) atoms. The standard InChI is InChI=1S/C15H21F2NO/c1-3-15(2)4-6-18(7-5-15)10-11-8-12(16)14(19)13(17)9-11/h8-9,19H,3-7,10H2,1-2H3. The van der Waals surface area contributed by atoms with Crippen LogP contribution in [0.15, 0.2) is 12.1 Å². The van der Waals surface area contributed by atoms with Gasteiger partial charge in [0.2, 0.25) is 0 Å². The van der Waals surface area contributed by atoms with Crippen molar-refractivity contribution in [2.24, 2.45) is 5.41 Å². The summed E-state index contributed by atoms with van der Waals surface area (Å²) in [6.07, 6.45) is 3.41. The molecule has 0 spiro atoms. The summed E-state index contributed by atoms with van der Waals surface area (Å²) in [5, 5.41) is 9.07. The normalized spacial score (nSPS) is 19.6. The van der Waals surface area contributed by atoms with Gasteiger partial charge >= 0.3 is 0 Å². The van der Waals surface area contributed by atoms with E-state index in [0.717, 1.165) is 25.9 Å². The Kier molecular flexibility index (Phi) is 4.09. The SMILES string of the molecule is CCC1(C)CCN(Cc2cc(F)c(O)c(F)c2)CC1. The highest BCUT2D eigenvalue weighted by Gasteiger charge is 2.28. The molecule has 106 valence electrons. The lowest BCUT2D eigenvalue weighted by molar-refractivity contribution is 0.109. The van der Waals surface area contributed by atoms with E-state index in [1.807, 2.05) is 0 Å². The maximum atomic E-state index is 13.3. The highest BCUT2D eigenvalue weighted by atomic mass is 19.1. The van der Waals surface area contributed by atoms with E-state index >= 15 is 0 Å². The second kappa shape index (κ2) is 5.45. The van der Waals surface area contributed by atoms with Crippen LogP contribution in [0.2, 0.25) is 0 Å². The molecule has 1 saturated heterocycles. The zero-order valence-electron chi connectivity index (χ0n) is 11.5. The maximum absolute atomic E-state index is 13.3. The predicted octanol–water partition coefficient (Wildman–Crippen LogP) is 3.68. The number of hydrogen-bond acceptors (Lipinski definition) is 2. The molecule has 1 N–H and O–H groups in total. The molecule has 0 aliphatic carbocycles. The molecule has 4 heteroatoms. The fourth-order valence-corrected chi connectivity index (χ4v) is 2.57. The minimum atomic E-state index is -0.888. The van der Waals surface area contributed by atoms with Crippen LogP contribution in [-0.2, 0) is 6.54 Å². The largest absolute Gasteiger partial charge is 0.503 e. The summed E-state index contributed by atoms with van der Waals surface area (Å²) < 4.78 is 26.5. The number of phenols is 1. The van der Waals surface area contributed by atoms with E-state index in [-0.39, 0.29) is 0 Å². The number of likely N-dealkylation sites (tertiary alicyclic amines) is 1. The van der Waals surface area contributed by atoms with E-state index in [4.69, 9.17) is 5.11 Å². The second-order valence-corrected chi connectivity index (χ2v) is 5.85. The Hall–Kier alpha value is -1.16. The first-order valence-electron chi connectivity index (χ1n) is 6.83. The molecule has 1 aliphatic rings. The molecule has 1 aromatic carbocycles. The Morgan fingerprint density at radius 2 is 1.74 bits per heavy atom. The van der Waals surface area contributed by atoms with Crippen molar-refractivity contribution in [1.29, 1.82) is 0 Å². The average Bonchev–Trinajstić information content (AvgIpc) is 2.39. The molecular formula is C15H21F2NO.